The third kappa shape index (κ3) is 4.75. The summed E-state index contributed by atoms with van der Waals surface area (Å²) in [5, 5.41) is 3.28. The summed E-state index contributed by atoms with van der Waals surface area (Å²) in [6.45, 7) is 6.15. The molecule has 7 heteroatoms. The zero-order valence-corrected chi connectivity index (χ0v) is 10.4. The third-order valence-electron chi connectivity index (χ3n) is 3.16. The van der Waals surface area contributed by atoms with Crippen molar-refractivity contribution in [3.8, 4) is 0 Å². The molecule has 1 heterocycles. The Morgan fingerprint density at radius 2 is 1.88 bits per heavy atom. The van der Waals surface area contributed by atoms with Crippen molar-refractivity contribution in [3.05, 3.63) is 0 Å². The van der Waals surface area contributed by atoms with Gasteiger partial charge in [0.15, 0.2) is 0 Å². The van der Waals surface area contributed by atoms with Crippen LogP contribution in [0, 0.1) is 0 Å². The summed E-state index contributed by atoms with van der Waals surface area (Å²) in [5.41, 5.74) is 5.60. The molecule has 16 heavy (non-hydrogen) atoms. The monoisotopic (exact) mass is 252 g/mol. The highest BCUT2D eigenvalue weighted by molar-refractivity contribution is 7.85. The molecule has 0 saturated carbocycles. The maximum Gasteiger partial charge on any atom is 0.265 e. The Labute approximate surface area is 97.1 Å². The smallest absolute Gasteiger partial charge is 0.265 e. The lowest BCUT2D eigenvalue weighted by atomic mass is 10.2. The van der Waals surface area contributed by atoms with Crippen LogP contribution in [0.1, 0.15) is 6.42 Å². The van der Waals surface area contributed by atoms with E-state index >= 15 is 0 Å². The molecule has 6 nitrogen and oxygen atoms in total. The number of quaternary nitrogens is 1. The molecule has 0 atom stereocenters. The lowest BCUT2D eigenvalue weighted by Crippen LogP contribution is -2.60. The molecule has 0 aromatic heterocycles. The zero-order chi connectivity index (χ0) is 12.1. The van der Waals surface area contributed by atoms with Gasteiger partial charge in [-0.1, -0.05) is 0 Å². The van der Waals surface area contributed by atoms with Gasteiger partial charge in [-0.05, 0) is 0 Å². The van der Waals surface area contributed by atoms with E-state index in [1.54, 1.807) is 0 Å². The third-order valence-corrected chi connectivity index (χ3v) is 3.97. The molecule has 0 spiro atoms. The molecule has 1 rings (SSSR count). The summed E-state index contributed by atoms with van der Waals surface area (Å²) in [5.74, 6) is -0.148. The normalized spacial score (nSPS) is 20.9. The lowest BCUT2D eigenvalue weighted by Gasteiger charge is -2.41. The Hall–Kier alpha value is -0.210. The summed E-state index contributed by atoms with van der Waals surface area (Å²) in [6, 6.07) is 0. The summed E-state index contributed by atoms with van der Waals surface area (Å²) in [4.78, 5) is 0. The minimum atomic E-state index is -3.82. The maximum atomic E-state index is 10.6. The van der Waals surface area contributed by atoms with Gasteiger partial charge in [0.05, 0.1) is 31.9 Å². The van der Waals surface area contributed by atoms with Crippen molar-refractivity contribution in [3.63, 3.8) is 0 Å². The fraction of sp³-hybridized carbons (Fsp3) is 1.00. The summed E-state index contributed by atoms with van der Waals surface area (Å²) in [7, 11) is -3.82. The van der Waals surface area contributed by atoms with Crippen molar-refractivity contribution in [2.75, 3.05) is 51.6 Å². The average molecular weight is 252 g/mol. The number of nitrogens with two attached hydrogens (primary N) is 1. The molecule has 96 valence electrons. The quantitative estimate of drug-likeness (QED) is 0.401. The molecule has 1 aliphatic heterocycles. The highest BCUT2D eigenvalue weighted by atomic mass is 32.2. The highest BCUT2D eigenvalue weighted by Crippen LogP contribution is 2.10. The number of nitrogens with one attached hydrogen (secondary N) is 1. The second-order valence-corrected chi connectivity index (χ2v) is 5.99. The first-order valence-electron chi connectivity index (χ1n) is 5.68. The van der Waals surface area contributed by atoms with Crippen LogP contribution in [-0.4, -0.2) is 69.0 Å². The van der Waals surface area contributed by atoms with Crippen molar-refractivity contribution in [2.24, 2.45) is 5.73 Å². The zero-order valence-electron chi connectivity index (χ0n) is 9.56. The molecule has 1 aliphatic rings. The van der Waals surface area contributed by atoms with Crippen LogP contribution in [0.25, 0.3) is 0 Å². The van der Waals surface area contributed by atoms with Crippen LogP contribution in [0.3, 0.4) is 0 Å². The number of hydrogen-bond acceptors (Lipinski definition) is 4. The van der Waals surface area contributed by atoms with Crippen LogP contribution in [0.15, 0.2) is 0 Å². The Bertz CT molecular complexity index is 294. The van der Waals surface area contributed by atoms with E-state index in [1.165, 1.54) is 0 Å². The van der Waals surface area contributed by atoms with Crippen LogP contribution < -0.4 is 11.1 Å². The molecule has 0 aromatic carbocycles. The average Bonchev–Trinajstić information content (AvgIpc) is 2.17. The minimum absolute atomic E-state index is 0.148. The Balaban J connectivity index is 2.44. The van der Waals surface area contributed by atoms with Crippen molar-refractivity contribution in [2.45, 2.75) is 6.42 Å². The lowest BCUT2D eigenvalue weighted by molar-refractivity contribution is -0.928. The van der Waals surface area contributed by atoms with Gasteiger partial charge in [-0.2, -0.15) is 8.42 Å². The predicted octanol–water partition coefficient (Wildman–Crippen LogP) is -1.36. The van der Waals surface area contributed by atoms with Crippen LogP contribution >= 0.6 is 0 Å². The largest absolute Gasteiger partial charge is 0.326 e. The summed E-state index contributed by atoms with van der Waals surface area (Å²) >= 11 is 0. The summed E-state index contributed by atoms with van der Waals surface area (Å²) < 4.78 is 30.9. The number of hydrogen-bond donors (Lipinski definition) is 3. The standard InChI is InChI=1S/C9H21N3O3S/c10-2-6-12(7-3-11-4-8-12)5-1-9-16(13,14)15/h11H,1-10H2/p+1. The van der Waals surface area contributed by atoms with Crippen molar-refractivity contribution < 1.29 is 17.5 Å². The van der Waals surface area contributed by atoms with E-state index in [4.69, 9.17) is 10.3 Å². The van der Waals surface area contributed by atoms with E-state index in [0.29, 0.717) is 13.0 Å². The van der Waals surface area contributed by atoms with Crippen molar-refractivity contribution in [1.82, 2.24) is 5.32 Å². The molecule has 0 amide bonds. The van der Waals surface area contributed by atoms with E-state index in [1.807, 2.05) is 0 Å². The first-order chi connectivity index (χ1) is 7.47. The molecule has 0 radical (unpaired) electrons. The number of rotatable bonds is 6. The van der Waals surface area contributed by atoms with Gasteiger partial charge in [-0.3, -0.25) is 4.55 Å². The molecule has 0 bridgehead atoms. The second kappa shape index (κ2) is 5.92. The highest BCUT2D eigenvalue weighted by Gasteiger charge is 2.28. The topological polar surface area (TPSA) is 92.4 Å². The Morgan fingerprint density at radius 3 is 2.38 bits per heavy atom. The Morgan fingerprint density at radius 1 is 1.25 bits per heavy atom. The van der Waals surface area contributed by atoms with Crippen LogP contribution in [0.2, 0.25) is 0 Å². The second-order valence-electron chi connectivity index (χ2n) is 4.41. The molecule has 1 saturated heterocycles. The fourth-order valence-electron chi connectivity index (χ4n) is 2.28. The SMILES string of the molecule is NCC[N+]1(CCCS(=O)(=O)O)CCNCC1. The first-order valence-corrected chi connectivity index (χ1v) is 7.29. The van der Waals surface area contributed by atoms with Gasteiger partial charge in [0.25, 0.3) is 10.1 Å². The first kappa shape index (κ1) is 13.9. The van der Waals surface area contributed by atoms with Gasteiger partial charge in [0.2, 0.25) is 0 Å². The summed E-state index contributed by atoms with van der Waals surface area (Å²) in [6.07, 6.45) is 0.499. The molecule has 0 aromatic rings. The van der Waals surface area contributed by atoms with Gasteiger partial charge < -0.3 is 15.5 Å². The molecular formula is C9H22N3O3S+. The van der Waals surface area contributed by atoms with Crippen molar-refractivity contribution >= 4 is 10.1 Å². The van der Waals surface area contributed by atoms with Gasteiger partial charge in [0, 0.05) is 26.1 Å². The van der Waals surface area contributed by atoms with Crippen LogP contribution in [0.4, 0.5) is 0 Å². The maximum absolute atomic E-state index is 10.6. The fourth-order valence-corrected chi connectivity index (χ4v) is 2.78. The molecule has 0 aliphatic carbocycles. The van der Waals surface area contributed by atoms with Crippen molar-refractivity contribution in [1.29, 1.82) is 0 Å². The van der Waals surface area contributed by atoms with E-state index in [9.17, 15) is 8.42 Å². The van der Waals surface area contributed by atoms with Crippen LogP contribution in [0.5, 0.6) is 0 Å². The van der Waals surface area contributed by atoms with E-state index < -0.39 is 10.1 Å². The van der Waals surface area contributed by atoms with Gasteiger partial charge in [-0.15, -0.1) is 0 Å². The van der Waals surface area contributed by atoms with E-state index in [-0.39, 0.29) is 5.75 Å². The van der Waals surface area contributed by atoms with E-state index in [0.717, 1.165) is 43.8 Å². The molecular weight excluding hydrogens is 230 g/mol. The number of nitrogens with zero attached hydrogens (tertiary/aromatic N) is 1. The van der Waals surface area contributed by atoms with Crippen LogP contribution in [-0.2, 0) is 10.1 Å². The Kier molecular flexibility index (Phi) is 5.13. The predicted molar refractivity (Wildman–Crippen MR) is 62.7 cm³/mol. The van der Waals surface area contributed by atoms with E-state index in [2.05, 4.69) is 5.32 Å². The number of piperazine rings is 1. The molecule has 1 fully saturated rings. The van der Waals surface area contributed by atoms with Gasteiger partial charge >= 0.3 is 0 Å². The molecule has 0 unspecified atom stereocenters. The van der Waals surface area contributed by atoms with Gasteiger partial charge in [0.1, 0.15) is 0 Å². The molecule has 4 N–H and O–H groups in total. The van der Waals surface area contributed by atoms with Gasteiger partial charge in [-0.25, -0.2) is 0 Å². The minimum Gasteiger partial charge on any atom is -0.326 e.